The van der Waals surface area contributed by atoms with Crippen molar-refractivity contribution in [2.24, 2.45) is 0 Å². The highest BCUT2D eigenvalue weighted by Crippen LogP contribution is 2.21. The van der Waals surface area contributed by atoms with E-state index in [9.17, 15) is 4.79 Å². The standard InChI is InChI=1S/C17H15N5OS/c1-2-11-8-12-16(23)19-13(20-17(12)24-11)9-14-18-15(22-21-14)10-6-4-3-5-7-10/h3-8H,2,9H2,1H3,(H,18,21,22)(H,19,20,23). The molecule has 3 aromatic heterocycles. The van der Waals surface area contributed by atoms with Crippen LogP contribution in [0.2, 0.25) is 0 Å². The van der Waals surface area contributed by atoms with Crippen molar-refractivity contribution < 1.29 is 0 Å². The molecule has 0 fully saturated rings. The first-order chi connectivity index (χ1) is 11.7. The first-order valence-corrected chi connectivity index (χ1v) is 8.53. The first-order valence-electron chi connectivity index (χ1n) is 7.71. The van der Waals surface area contributed by atoms with E-state index in [0.717, 1.165) is 21.7 Å². The second-order valence-corrected chi connectivity index (χ2v) is 6.56. The maximum atomic E-state index is 12.2. The highest BCUT2D eigenvalue weighted by atomic mass is 32.1. The molecule has 0 atom stereocenters. The fourth-order valence-electron chi connectivity index (χ4n) is 2.53. The molecular formula is C17H15N5OS. The van der Waals surface area contributed by atoms with Gasteiger partial charge >= 0.3 is 0 Å². The number of aryl methyl sites for hydroxylation is 1. The summed E-state index contributed by atoms with van der Waals surface area (Å²) in [5.74, 6) is 1.90. The fraction of sp³-hybridized carbons (Fsp3) is 0.176. The summed E-state index contributed by atoms with van der Waals surface area (Å²) < 4.78 is 0. The zero-order valence-electron chi connectivity index (χ0n) is 13.0. The van der Waals surface area contributed by atoms with Gasteiger partial charge in [-0.1, -0.05) is 37.3 Å². The van der Waals surface area contributed by atoms with E-state index < -0.39 is 0 Å². The van der Waals surface area contributed by atoms with Gasteiger partial charge in [0.05, 0.1) is 11.8 Å². The van der Waals surface area contributed by atoms with Crippen LogP contribution in [0.25, 0.3) is 21.6 Å². The molecule has 0 saturated heterocycles. The van der Waals surface area contributed by atoms with Crippen LogP contribution in [0.3, 0.4) is 0 Å². The average Bonchev–Trinajstić information content (AvgIpc) is 3.22. The molecule has 0 saturated carbocycles. The topological polar surface area (TPSA) is 87.3 Å². The predicted molar refractivity (Wildman–Crippen MR) is 94.2 cm³/mol. The molecule has 0 unspecified atom stereocenters. The first kappa shape index (κ1) is 14.8. The van der Waals surface area contributed by atoms with Gasteiger partial charge < -0.3 is 4.98 Å². The highest BCUT2D eigenvalue weighted by molar-refractivity contribution is 7.18. The van der Waals surface area contributed by atoms with Crippen LogP contribution >= 0.6 is 11.3 Å². The maximum Gasteiger partial charge on any atom is 0.259 e. The van der Waals surface area contributed by atoms with Crippen molar-refractivity contribution in [3.05, 3.63) is 63.3 Å². The van der Waals surface area contributed by atoms with Gasteiger partial charge in [-0.3, -0.25) is 9.89 Å². The molecule has 0 radical (unpaired) electrons. The van der Waals surface area contributed by atoms with Crippen LogP contribution in [0.4, 0.5) is 0 Å². The third kappa shape index (κ3) is 2.74. The Morgan fingerprint density at radius 3 is 2.75 bits per heavy atom. The molecule has 2 N–H and O–H groups in total. The lowest BCUT2D eigenvalue weighted by molar-refractivity contribution is 0.898. The van der Waals surface area contributed by atoms with Gasteiger partial charge in [-0.2, -0.15) is 5.10 Å². The number of nitrogens with one attached hydrogen (secondary N) is 2. The van der Waals surface area contributed by atoms with Crippen LogP contribution in [0, 0.1) is 0 Å². The summed E-state index contributed by atoms with van der Waals surface area (Å²) in [6.07, 6.45) is 1.31. The molecule has 0 aliphatic rings. The Morgan fingerprint density at radius 2 is 1.96 bits per heavy atom. The maximum absolute atomic E-state index is 12.2. The Balaban J connectivity index is 1.65. The van der Waals surface area contributed by atoms with Crippen molar-refractivity contribution in [2.45, 2.75) is 19.8 Å². The highest BCUT2D eigenvalue weighted by Gasteiger charge is 2.11. The summed E-state index contributed by atoms with van der Waals surface area (Å²) in [5.41, 5.74) is 0.844. The fourth-order valence-corrected chi connectivity index (χ4v) is 3.52. The molecule has 24 heavy (non-hydrogen) atoms. The number of nitrogens with zero attached hydrogens (tertiary/aromatic N) is 3. The largest absolute Gasteiger partial charge is 0.310 e. The van der Waals surface area contributed by atoms with Gasteiger partial charge in [0.25, 0.3) is 5.56 Å². The SMILES string of the molecule is CCc1cc2c(=O)[nH]c(Cc3nc(-c4ccccc4)n[nH]3)nc2s1. The quantitative estimate of drug-likeness (QED) is 0.599. The van der Waals surface area contributed by atoms with Crippen LogP contribution in [-0.2, 0) is 12.8 Å². The van der Waals surface area contributed by atoms with E-state index in [0.29, 0.717) is 29.3 Å². The van der Waals surface area contributed by atoms with E-state index in [-0.39, 0.29) is 5.56 Å². The summed E-state index contributed by atoms with van der Waals surface area (Å²) in [6.45, 7) is 2.07. The van der Waals surface area contributed by atoms with Crippen molar-refractivity contribution >= 4 is 21.6 Å². The molecule has 0 spiro atoms. The van der Waals surface area contributed by atoms with Crippen molar-refractivity contribution in [1.29, 1.82) is 0 Å². The van der Waals surface area contributed by atoms with Gasteiger partial charge in [0.15, 0.2) is 5.82 Å². The number of fused-ring (bicyclic) bond motifs is 1. The second-order valence-electron chi connectivity index (χ2n) is 5.45. The van der Waals surface area contributed by atoms with Gasteiger partial charge in [-0.25, -0.2) is 9.97 Å². The molecular weight excluding hydrogens is 322 g/mol. The van der Waals surface area contributed by atoms with Crippen molar-refractivity contribution in [1.82, 2.24) is 25.1 Å². The third-order valence-electron chi connectivity index (χ3n) is 3.75. The summed E-state index contributed by atoms with van der Waals surface area (Å²) in [5, 5.41) is 7.80. The van der Waals surface area contributed by atoms with Gasteiger partial charge in [0, 0.05) is 10.4 Å². The zero-order valence-corrected chi connectivity index (χ0v) is 13.9. The Labute approximate surface area is 141 Å². The van der Waals surface area contributed by atoms with E-state index in [1.807, 2.05) is 36.4 Å². The van der Waals surface area contributed by atoms with E-state index in [1.165, 1.54) is 0 Å². The number of hydrogen-bond acceptors (Lipinski definition) is 5. The summed E-state index contributed by atoms with van der Waals surface area (Å²) >= 11 is 1.56. The normalized spacial score (nSPS) is 11.2. The van der Waals surface area contributed by atoms with Gasteiger partial charge in [0.1, 0.15) is 16.5 Å². The van der Waals surface area contributed by atoms with Crippen LogP contribution in [0.1, 0.15) is 23.4 Å². The van der Waals surface area contributed by atoms with Crippen LogP contribution in [-0.4, -0.2) is 25.1 Å². The Kier molecular flexibility index (Phi) is 3.70. The van der Waals surface area contributed by atoms with Crippen molar-refractivity contribution in [3.63, 3.8) is 0 Å². The lowest BCUT2D eigenvalue weighted by Crippen LogP contribution is -2.11. The molecule has 0 aliphatic heterocycles. The number of aromatic nitrogens is 5. The Hall–Kier alpha value is -2.80. The van der Waals surface area contributed by atoms with E-state index in [4.69, 9.17) is 0 Å². The van der Waals surface area contributed by atoms with E-state index >= 15 is 0 Å². The molecule has 4 aromatic rings. The molecule has 6 nitrogen and oxygen atoms in total. The smallest absolute Gasteiger partial charge is 0.259 e. The minimum atomic E-state index is -0.103. The van der Waals surface area contributed by atoms with E-state index in [2.05, 4.69) is 32.1 Å². The number of aromatic amines is 2. The molecule has 0 bridgehead atoms. The number of rotatable bonds is 4. The number of benzene rings is 1. The minimum Gasteiger partial charge on any atom is -0.310 e. The summed E-state index contributed by atoms with van der Waals surface area (Å²) in [7, 11) is 0. The average molecular weight is 337 g/mol. The van der Waals surface area contributed by atoms with Crippen LogP contribution in [0.15, 0.2) is 41.2 Å². The van der Waals surface area contributed by atoms with Crippen molar-refractivity contribution in [2.75, 3.05) is 0 Å². The van der Waals surface area contributed by atoms with Crippen LogP contribution in [0.5, 0.6) is 0 Å². The predicted octanol–water partition coefficient (Wildman–Crippen LogP) is 2.92. The molecule has 7 heteroatoms. The monoisotopic (exact) mass is 337 g/mol. The molecule has 3 heterocycles. The molecule has 1 aromatic carbocycles. The lowest BCUT2D eigenvalue weighted by Gasteiger charge is -1.97. The number of H-pyrrole nitrogens is 2. The van der Waals surface area contributed by atoms with Crippen molar-refractivity contribution in [3.8, 4) is 11.4 Å². The lowest BCUT2D eigenvalue weighted by atomic mass is 10.2. The molecule has 4 rings (SSSR count). The minimum absolute atomic E-state index is 0.103. The number of hydrogen-bond donors (Lipinski definition) is 2. The summed E-state index contributed by atoms with van der Waals surface area (Å²) in [6, 6.07) is 11.7. The zero-order chi connectivity index (χ0) is 16.5. The molecule has 0 aliphatic carbocycles. The number of thiophene rings is 1. The Morgan fingerprint density at radius 1 is 1.12 bits per heavy atom. The van der Waals surface area contributed by atoms with Crippen LogP contribution < -0.4 is 5.56 Å². The summed E-state index contributed by atoms with van der Waals surface area (Å²) in [4.78, 5) is 26.0. The third-order valence-corrected chi connectivity index (χ3v) is 4.92. The Bertz CT molecular complexity index is 1050. The second kappa shape index (κ2) is 6.01. The van der Waals surface area contributed by atoms with E-state index in [1.54, 1.807) is 11.3 Å². The van der Waals surface area contributed by atoms with Gasteiger partial charge in [0.2, 0.25) is 0 Å². The molecule has 0 amide bonds. The van der Waals surface area contributed by atoms with Gasteiger partial charge in [-0.05, 0) is 12.5 Å². The van der Waals surface area contributed by atoms with Gasteiger partial charge in [-0.15, -0.1) is 11.3 Å². The molecule has 120 valence electrons.